The summed E-state index contributed by atoms with van der Waals surface area (Å²) in [6, 6.07) is 0. The van der Waals surface area contributed by atoms with Crippen LogP contribution in [0.1, 0.15) is 37.8 Å². The van der Waals surface area contributed by atoms with Crippen LogP contribution in [0.25, 0.3) is 0 Å². The number of aryl methyl sites for hydroxylation is 1. The van der Waals surface area contributed by atoms with Crippen molar-refractivity contribution in [1.29, 1.82) is 0 Å². The molecule has 2 saturated heterocycles. The Morgan fingerprint density at radius 2 is 2.07 bits per heavy atom. The van der Waals surface area contributed by atoms with Crippen molar-refractivity contribution in [1.82, 2.24) is 40.0 Å². The van der Waals surface area contributed by atoms with E-state index in [2.05, 4.69) is 25.5 Å². The molecule has 0 radical (unpaired) electrons. The van der Waals surface area contributed by atoms with E-state index in [9.17, 15) is 9.59 Å². The number of likely N-dealkylation sites (tertiary alicyclic amines) is 2. The first kappa shape index (κ1) is 18.6. The van der Waals surface area contributed by atoms with Crippen LogP contribution in [0.5, 0.6) is 0 Å². The summed E-state index contributed by atoms with van der Waals surface area (Å²) in [5, 5.41) is 11.0. The lowest BCUT2D eigenvalue weighted by Gasteiger charge is -2.47. The summed E-state index contributed by atoms with van der Waals surface area (Å²) in [7, 11) is 0. The van der Waals surface area contributed by atoms with Crippen molar-refractivity contribution in [2.24, 2.45) is 5.41 Å². The average Bonchev–Trinajstić information content (AvgIpc) is 3.42. The Balaban J connectivity index is 1.27. The van der Waals surface area contributed by atoms with E-state index in [4.69, 9.17) is 0 Å². The maximum atomic E-state index is 12.5. The highest BCUT2D eigenvalue weighted by Gasteiger charge is 2.41. The molecule has 2 aliphatic rings. The van der Waals surface area contributed by atoms with Crippen LogP contribution in [-0.4, -0.2) is 78.0 Å². The lowest BCUT2D eigenvalue weighted by atomic mass is 9.72. The van der Waals surface area contributed by atoms with Gasteiger partial charge in [-0.05, 0) is 35.1 Å². The summed E-state index contributed by atoms with van der Waals surface area (Å²) < 4.78 is 1.58. The fraction of sp³-hybridized carbons (Fsp3) is 0.667. The SMILES string of the molecule is O=C(CCn1cnnn1)N1CCC2(CCC(=O)N(CCc3cnc[nH]3)C2)CC1. The van der Waals surface area contributed by atoms with E-state index in [0.717, 1.165) is 57.6 Å². The van der Waals surface area contributed by atoms with Crippen molar-refractivity contribution in [3.8, 4) is 0 Å². The Labute approximate surface area is 163 Å². The van der Waals surface area contributed by atoms with Gasteiger partial charge in [0.2, 0.25) is 11.8 Å². The molecule has 0 unspecified atom stereocenters. The first-order chi connectivity index (χ1) is 13.6. The van der Waals surface area contributed by atoms with Gasteiger partial charge >= 0.3 is 0 Å². The molecule has 2 aromatic heterocycles. The molecule has 150 valence electrons. The van der Waals surface area contributed by atoms with Crippen molar-refractivity contribution < 1.29 is 9.59 Å². The van der Waals surface area contributed by atoms with Gasteiger partial charge in [-0.3, -0.25) is 9.59 Å². The van der Waals surface area contributed by atoms with E-state index in [-0.39, 0.29) is 17.2 Å². The number of carbonyl (C=O) groups is 2. The molecule has 1 spiro atoms. The number of nitrogens with zero attached hydrogens (tertiary/aromatic N) is 7. The number of aromatic nitrogens is 6. The van der Waals surface area contributed by atoms with Gasteiger partial charge in [-0.1, -0.05) is 0 Å². The number of H-pyrrole nitrogens is 1. The van der Waals surface area contributed by atoms with Crippen LogP contribution in [0.2, 0.25) is 0 Å². The van der Waals surface area contributed by atoms with Crippen molar-refractivity contribution >= 4 is 11.8 Å². The first-order valence-electron chi connectivity index (χ1n) is 9.87. The smallest absolute Gasteiger partial charge is 0.224 e. The number of nitrogens with one attached hydrogen (secondary N) is 1. The third-order valence-electron chi connectivity index (χ3n) is 6.08. The third kappa shape index (κ3) is 4.20. The number of carbonyl (C=O) groups excluding carboxylic acids is 2. The van der Waals surface area contributed by atoms with Crippen molar-refractivity contribution in [2.75, 3.05) is 26.2 Å². The Morgan fingerprint density at radius 1 is 1.21 bits per heavy atom. The topological polar surface area (TPSA) is 113 Å². The zero-order valence-corrected chi connectivity index (χ0v) is 16.0. The minimum Gasteiger partial charge on any atom is -0.348 e. The molecule has 0 aliphatic carbocycles. The number of piperidine rings is 2. The second-order valence-electron chi connectivity index (χ2n) is 7.85. The van der Waals surface area contributed by atoms with Crippen LogP contribution < -0.4 is 0 Å². The van der Waals surface area contributed by atoms with Gasteiger partial charge < -0.3 is 14.8 Å². The largest absolute Gasteiger partial charge is 0.348 e. The van der Waals surface area contributed by atoms with E-state index in [1.807, 2.05) is 16.0 Å². The standard InChI is InChI=1S/C18H26N8O2/c27-16-1-4-18(12-25(16)7-2-15-11-19-13-20-15)5-9-24(10-6-18)17(28)3-8-26-14-21-22-23-26/h11,13-14H,1-10,12H2,(H,19,20). The Bertz CT molecular complexity index is 781. The van der Waals surface area contributed by atoms with Gasteiger partial charge in [0.05, 0.1) is 12.9 Å². The molecule has 4 heterocycles. The maximum absolute atomic E-state index is 12.5. The van der Waals surface area contributed by atoms with Gasteiger partial charge in [-0.15, -0.1) is 5.10 Å². The molecule has 10 nitrogen and oxygen atoms in total. The van der Waals surface area contributed by atoms with Crippen LogP contribution in [-0.2, 0) is 22.6 Å². The summed E-state index contributed by atoms with van der Waals surface area (Å²) in [6.07, 6.45) is 9.65. The van der Waals surface area contributed by atoms with E-state index < -0.39 is 0 Å². The van der Waals surface area contributed by atoms with Gasteiger partial charge in [-0.25, -0.2) is 9.67 Å². The summed E-state index contributed by atoms with van der Waals surface area (Å²) in [5.74, 6) is 0.387. The summed E-state index contributed by atoms with van der Waals surface area (Å²) in [6.45, 7) is 3.54. The van der Waals surface area contributed by atoms with Crippen LogP contribution in [0, 0.1) is 5.41 Å². The molecule has 2 aliphatic heterocycles. The van der Waals surface area contributed by atoms with Gasteiger partial charge in [0, 0.05) is 57.3 Å². The van der Waals surface area contributed by atoms with Crippen LogP contribution >= 0.6 is 0 Å². The molecule has 28 heavy (non-hydrogen) atoms. The molecular weight excluding hydrogens is 360 g/mol. The number of amides is 2. The minimum absolute atomic E-state index is 0.147. The van der Waals surface area contributed by atoms with Gasteiger partial charge in [-0.2, -0.15) is 0 Å². The molecule has 10 heteroatoms. The van der Waals surface area contributed by atoms with Crippen molar-refractivity contribution in [2.45, 2.75) is 45.1 Å². The molecule has 1 N–H and O–H groups in total. The highest BCUT2D eigenvalue weighted by atomic mass is 16.2. The molecule has 2 aromatic rings. The van der Waals surface area contributed by atoms with E-state index in [1.165, 1.54) is 6.33 Å². The molecule has 0 atom stereocenters. The first-order valence-corrected chi connectivity index (χ1v) is 9.87. The summed E-state index contributed by atoms with van der Waals surface area (Å²) in [4.78, 5) is 35.9. The van der Waals surface area contributed by atoms with Crippen LogP contribution in [0.4, 0.5) is 0 Å². The molecule has 2 fully saturated rings. The number of rotatable bonds is 6. The quantitative estimate of drug-likeness (QED) is 0.762. The van der Waals surface area contributed by atoms with Gasteiger partial charge in [0.25, 0.3) is 0 Å². The molecule has 2 amide bonds. The third-order valence-corrected chi connectivity index (χ3v) is 6.08. The van der Waals surface area contributed by atoms with Crippen LogP contribution in [0.15, 0.2) is 18.9 Å². The molecule has 0 saturated carbocycles. The normalized spacial score (nSPS) is 19.4. The van der Waals surface area contributed by atoms with E-state index >= 15 is 0 Å². The predicted octanol–water partition coefficient (Wildman–Crippen LogP) is 0.260. The Kier molecular flexibility index (Phi) is 5.36. The summed E-state index contributed by atoms with van der Waals surface area (Å²) in [5.41, 5.74) is 1.20. The minimum atomic E-state index is 0.147. The number of hydrogen-bond donors (Lipinski definition) is 1. The van der Waals surface area contributed by atoms with Gasteiger partial charge in [0.1, 0.15) is 6.33 Å². The van der Waals surface area contributed by atoms with Crippen LogP contribution in [0.3, 0.4) is 0 Å². The molecule has 0 aromatic carbocycles. The Hall–Kier alpha value is -2.78. The lowest BCUT2D eigenvalue weighted by Crippen LogP contribution is -2.52. The fourth-order valence-corrected chi connectivity index (χ4v) is 4.27. The zero-order valence-electron chi connectivity index (χ0n) is 16.0. The highest BCUT2D eigenvalue weighted by Crippen LogP contribution is 2.40. The lowest BCUT2D eigenvalue weighted by molar-refractivity contribution is -0.142. The predicted molar refractivity (Wildman–Crippen MR) is 98.8 cm³/mol. The van der Waals surface area contributed by atoms with Gasteiger partial charge in [0.15, 0.2) is 0 Å². The monoisotopic (exact) mass is 386 g/mol. The second-order valence-corrected chi connectivity index (χ2v) is 7.85. The zero-order chi connectivity index (χ0) is 19.4. The highest BCUT2D eigenvalue weighted by molar-refractivity contribution is 5.77. The average molecular weight is 386 g/mol. The van der Waals surface area contributed by atoms with E-state index in [1.54, 1.807) is 11.0 Å². The van der Waals surface area contributed by atoms with Crippen molar-refractivity contribution in [3.63, 3.8) is 0 Å². The fourth-order valence-electron chi connectivity index (χ4n) is 4.27. The van der Waals surface area contributed by atoms with E-state index in [0.29, 0.717) is 19.4 Å². The summed E-state index contributed by atoms with van der Waals surface area (Å²) >= 11 is 0. The maximum Gasteiger partial charge on any atom is 0.224 e. The number of hydrogen-bond acceptors (Lipinski definition) is 6. The number of tetrazole rings is 1. The molecule has 0 bridgehead atoms. The number of imidazole rings is 1. The molecule has 4 rings (SSSR count). The van der Waals surface area contributed by atoms with Crippen molar-refractivity contribution in [3.05, 3.63) is 24.5 Å². The second kappa shape index (κ2) is 8.07. The molecular formula is C18H26N8O2. The number of aromatic amines is 1. The Morgan fingerprint density at radius 3 is 2.79 bits per heavy atom.